The first-order valence-corrected chi connectivity index (χ1v) is 8.04. The van der Waals surface area contributed by atoms with Crippen molar-refractivity contribution in [2.45, 2.75) is 59.5 Å². The molecular weight excluding hydrogens is 300 g/mol. The van der Waals surface area contributed by atoms with Gasteiger partial charge in [-0.3, -0.25) is 9.48 Å². The Bertz CT molecular complexity index is 512. The minimum absolute atomic E-state index is 0. The molecule has 0 bridgehead atoms. The lowest BCUT2D eigenvalue weighted by molar-refractivity contribution is 0.0659. The normalized spacial score (nSPS) is 19.7. The Hall–Kier alpha value is -1.07. The van der Waals surface area contributed by atoms with E-state index in [2.05, 4.69) is 12.0 Å². The monoisotopic (exact) mass is 328 g/mol. The van der Waals surface area contributed by atoms with Crippen LogP contribution in [0, 0.1) is 19.8 Å². The third-order valence-corrected chi connectivity index (χ3v) is 4.52. The predicted octanol–water partition coefficient (Wildman–Crippen LogP) is 2.53. The van der Waals surface area contributed by atoms with Gasteiger partial charge in [0.05, 0.1) is 11.3 Å². The van der Waals surface area contributed by atoms with Crippen LogP contribution in [0.5, 0.6) is 0 Å². The van der Waals surface area contributed by atoms with E-state index in [4.69, 9.17) is 5.73 Å². The number of halogens is 1. The number of aromatic nitrogens is 2. The Labute approximate surface area is 139 Å². The van der Waals surface area contributed by atoms with Gasteiger partial charge in [-0.25, -0.2) is 0 Å². The van der Waals surface area contributed by atoms with Crippen molar-refractivity contribution in [3.8, 4) is 0 Å². The first kappa shape index (κ1) is 19.0. The molecule has 6 heteroatoms. The highest BCUT2D eigenvalue weighted by atomic mass is 35.5. The maximum Gasteiger partial charge on any atom is 0.257 e. The van der Waals surface area contributed by atoms with Crippen molar-refractivity contribution in [2.24, 2.45) is 11.7 Å². The van der Waals surface area contributed by atoms with Crippen molar-refractivity contribution in [1.82, 2.24) is 14.7 Å². The van der Waals surface area contributed by atoms with E-state index in [1.807, 2.05) is 30.4 Å². The lowest BCUT2D eigenvalue weighted by Crippen LogP contribution is -2.45. The Morgan fingerprint density at radius 3 is 2.73 bits per heavy atom. The van der Waals surface area contributed by atoms with Gasteiger partial charge in [-0.05, 0) is 46.0 Å². The zero-order chi connectivity index (χ0) is 15.6. The van der Waals surface area contributed by atoms with Gasteiger partial charge in [0.1, 0.15) is 0 Å². The molecule has 1 fully saturated rings. The summed E-state index contributed by atoms with van der Waals surface area (Å²) in [6.07, 6.45) is 3.18. The van der Waals surface area contributed by atoms with Crippen LogP contribution in [-0.4, -0.2) is 39.7 Å². The van der Waals surface area contributed by atoms with Crippen molar-refractivity contribution in [1.29, 1.82) is 0 Å². The zero-order valence-corrected chi connectivity index (χ0v) is 14.9. The molecular formula is C16H29ClN4O. The van der Waals surface area contributed by atoms with Gasteiger partial charge < -0.3 is 10.6 Å². The number of hydrogen-bond donors (Lipinski definition) is 1. The summed E-state index contributed by atoms with van der Waals surface area (Å²) in [5.41, 5.74) is 8.63. The standard InChI is InChI=1S/C16H28N4O.ClH/c1-5-8-20-13(4)15(12(3)18-20)16(21)19-9-6-7-14(10-19)11(2)17;/h11,14H,5-10,17H2,1-4H3;1H. The fourth-order valence-electron chi connectivity index (χ4n) is 3.22. The molecule has 1 aromatic rings. The van der Waals surface area contributed by atoms with E-state index in [0.29, 0.717) is 5.92 Å². The van der Waals surface area contributed by atoms with Crippen molar-refractivity contribution < 1.29 is 4.79 Å². The zero-order valence-electron chi connectivity index (χ0n) is 14.1. The first-order chi connectivity index (χ1) is 9.95. The van der Waals surface area contributed by atoms with E-state index in [-0.39, 0.29) is 24.4 Å². The fraction of sp³-hybridized carbons (Fsp3) is 0.750. The summed E-state index contributed by atoms with van der Waals surface area (Å²) < 4.78 is 1.95. The second-order valence-electron chi connectivity index (χ2n) is 6.28. The molecule has 0 spiro atoms. The number of amides is 1. The van der Waals surface area contributed by atoms with Gasteiger partial charge in [0.25, 0.3) is 5.91 Å². The van der Waals surface area contributed by atoms with Crippen LogP contribution in [0.4, 0.5) is 0 Å². The Kier molecular flexibility index (Phi) is 6.88. The molecule has 1 saturated heterocycles. The molecule has 0 aliphatic carbocycles. The fourth-order valence-corrected chi connectivity index (χ4v) is 3.22. The largest absolute Gasteiger partial charge is 0.338 e. The van der Waals surface area contributed by atoms with Crippen molar-refractivity contribution >= 4 is 18.3 Å². The van der Waals surface area contributed by atoms with Crippen molar-refractivity contribution in [2.75, 3.05) is 13.1 Å². The Morgan fingerprint density at radius 1 is 1.45 bits per heavy atom. The van der Waals surface area contributed by atoms with E-state index < -0.39 is 0 Å². The summed E-state index contributed by atoms with van der Waals surface area (Å²) in [7, 11) is 0. The second-order valence-corrected chi connectivity index (χ2v) is 6.28. The van der Waals surface area contributed by atoms with Crippen LogP contribution in [0.1, 0.15) is 54.9 Å². The molecule has 5 nitrogen and oxygen atoms in total. The summed E-state index contributed by atoms with van der Waals surface area (Å²) in [6, 6.07) is 0.144. The molecule has 2 heterocycles. The van der Waals surface area contributed by atoms with Crippen LogP contribution < -0.4 is 5.73 Å². The number of carbonyl (C=O) groups is 1. The highest BCUT2D eigenvalue weighted by molar-refractivity contribution is 5.96. The first-order valence-electron chi connectivity index (χ1n) is 8.04. The minimum atomic E-state index is 0. The smallest absolute Gasteiger partial charge is 0.257 e. The Balaban J connectivity index is 0.00000242. The van der Waals surface area contributed by atoms with Gasteiger partial charge in [0, 0.05) is 31.4 Å². The summed E-state index contributed by atoms with van der Waals surface area (Å²) in [5, 5.41) is 4.51. The van der Waals surface area contributed by atoms with E-state index in [1.54, 1.807) is 0 Å². The van der Waals surface area contributed by atoms with Crippen LogP contribution in [0.15, 0.2) is 0 Å². The average molecular weight is 329 g/mol. The van der Waals surface area contributed by atoms with E-state index >= 15 is 0 Å². The lowest BCUT2D eigenvalue weighted by Gasteiger charge is -2.34. The molecule has 22 heavy (non-hydrogen) atoms. The highest BCUT2D eigenvalue weighted by Crippen LogP contribution is 2.23. The Morgan fingerprint density at radius 2 is 2.14 bits per heavy atom. The third kappa shape index (κ3) is 3.82. The van der Waals surface area contributed by atoms with Gasteiger partial charge in [0.2, 0.25) is 0 Å². The number of aryl methyl sites for hydroxylation is 2. The van der Waals surface area contributed by atoms with E-state index in [1.165, 1.54) is 0 Å². The maximum absolute atomic E-state index is 12.9. The minimum Gasteiger partial charge on any atom is -0.338 e. The number of hydrogen-bond acceptors (Lipinski definition) is 3. The quantitative estimate of drug-likeness (QED) is 0.923. The molecule has 2 rings (SSSR count). The lowest BCUT2D eigenvalue weighted by atomic mass is 9.91. The van der Waals surface area contributed by atoms with Gasteiger partial charge in [-0.15, -0.1) is 12.4 Å². The van der Waals surface area contributed by atoms with Crippen LogP contribution >= 0.6 is 12.4 Å². The van der Waals surface area contributed by atoms with E-state index in [0.717, 1.165) is 55.8 Å². The molecule has 0 radical (unpaired) electrons. The average Bonchev–Trinajstić information content (AvgIpc) is 2.73. The summed E-state index contributed by atoms with van der Waals surface area (Å²) in [6.45, 7) is 10.6. The molecule has 1 aliphatic rings. The van der Waals surface area contributed by atoms with Crippen LogP contribution in [0.3, 0.4) is 0 Å². The topological polar surface area (TPSA) is 64.2 Å². The number of piperidine rings is 1. The second kappa shape index (κ2) is 7.97. The molecule has 2 atom stereocenters. The SMILES string of the molecule is CCCn1nc(C)c(C(=O)N2CCCC(C(C)N)C2)c1C.Cl. The molecule has 1 amide bonds. The molecule has 1 aromatic heterocycles. The molecule has 1 aliphatic heterocycles. The van der Waals surface area contributed by atoms with Crippen molar-refractivity contribution in [3.63, 3.8) is 0 Å². The van der Waals surface area contributed by atoms with E-state index in [9.17, 15) is 4.79 Å². The molecule has 2 unspecified atom stereocenters. The summed E-state index contributed by atoms with van der Waals surface area (Å²) in [4.78, 5) is 14.8. The van der Waals surface area contributed by atoms with Gasteiger partial charge >= 0.3 is 0 Å². The van der Waals surface area contributed by atoms with Crippen molar-refractivity contribution in [3.05, 3.63) is 17.0 Å². The summed E-state index contributed by atoms with van der Waals surface area (Å²) >= 11 is 0. The third-order valence-electron chi connectivity index (χ3n) is 4.52. The predicted molar refractivity (Wildman–Crippen MR) is 91.5 cm³/mol. The van der Waals surface area contributed by atoms with Crippen LogP contribution in [0.2, 0.25) is 0 Å². The molecule has 0 saturated carbocycles. The maximum atomic E-state index is 12.9. The van der Waals surface area contributed by atoms with Crippen LogP contribution in [0.25, 0.3) is 0 Å². The molecule has 126 valence electrons. The van der Waals surface area contributed by atoms with Gasteiger partial charge in [-0.2, -0.15) is 5.10 Å². The number of nitrogens with zero attached hydrogens (tertiary/aromatic N) is 3. The van der Waals surface area contributed by atoms with Crippen LogP contribution in [-0.2, 0) is 6.54 Å². The number of nitrogens with two attached hydrogens (primary N) is 1. The number of likely N-dealkylation sites (tertiary alicyclic amines) is 1. The summed E-state index contributed by atoms with van der Waals surface area (Å²) in [5.74, 6) is 0.534. The van der Waals surface area contributed by atoms with Gasteiger partial charge in [-0.1, -0.05) is 6.92 Å². The molecule has 0 aromatic carbocycles. The number of carbonyl (C=O) groups excluding carboxylic acids is 1. The molecule has 2 N–H and O–H groups in total. The van der Waals surface area contributed by atoms with Gasteiger partial charge in [0.15, 0.2) is 0 Å². The highest BCUT2D eigenvalue weighted by Gasteiger charge is 2.29. The number of rotatable bonds is 4.